The van der Waals surface area contributed by atoms with E-state index in [4.69, 9.17) is 4.74 Å². The first-order valence-electron chi connectivity index (χ1n) is 9.81. The number of carbonyl (C=O) groups is 1. The average Bonchev–Trinajstić information content (AvgIpc) is 2.72. The van der Waals surface area contributed by atoms with E-state index in [-0.39, 0.29) is 11.9 Å². The van der Waals surface area contributed by atoms with Crippen molar-refractivity contribution >= 4 is 22.7 Å². The first-order chi connectivity index (χ1) is 13.2. The van der Waals surface area contributed by atoms with E-state index in [2.05, 4.69) is 57.7 Å². The Kier molecular flexibility index (Phi) is 6.69. The van der Waals surface area contributed by atoms with Crippen molar-refractivity contribution in [1.82, 2.24) is 10.2 Å². The molecule has 5 nitrogen and oxygen atoms in total. The Morgan fingerprint density at radius 1 is 1.19 bits per heavy atom. The van der Waals surface area contributed by atoms with Crippen molar-refractivity contribution in [2.45, 2.75) is 26.2 Å². The minimum atomic E-state index is -0.0592. The van der Waals surface area contributed by atoms with Crippen LogP contribution < -0.4 is 5.32 Å². The van der Waals surface area contributed by atoms with Gasteiger partial charge < -0.3 is 15.0 Å². The molecule has 0 radical (unpaired) electrons. The van der Waals surface area contributed by atoms with Crippen LogP contribution in [0.2, 0.25) is 0 Å². The third-order valence-corrected chi connectivity index (χ3v) is 5.18. The van der Waals surface area contributed by atoms with E-state index in [1.54, 1.807) is 0 Å². The molecule has 1 N–H and O–H groups in total. The molecule has 0 unspecified atom stereocenters. The molecule has 27 heavy (non-hydrogen) atoms. The number of aliphatic imine (C=N–C) groups is 1. The maximum atomic E-state index is 11.9. The second-order valence-electron chi connectivity index (χ2n) is 6.88. The van der Waals surface area contributed by atoms with Crippen LogP contribution in [0, 0.1) is 5.92 Å². The van der Waals surface area contributed by atoms with Gasteiger partial charge in [0.05, 0.1) is 12.5 Å². The van der Waals surface area contributed by atoms with Gasteiger partial charge in [-0.05, 0) is 42.5 Å². The van der Waals surface area contributed by atoms with Crippen molar-refractivity contribution in [3.8, 4) is 0 Å². The Bertz CT molecular complexity index is 790. The van der Waals surface area contributed by atoms with Gasteiger partial charge in [0.25, 0.3) is 0 Å². The largest absolute Gasteiger partial charge is 0.466 e. The van der Waals surface area contributed by atoms with Crippen LogP contribution in [0.25, 0.3) is 10.8 Å². The van der Waals surface area contributed by atoms with E-state index in [1.807, 2.05) is 14.0 Å². The number of rotatable bonds is 5. The maximum Gasteiger partial charge on any atom is 0.309 e. The smallest absolute Gasteiger partial charge is 0.309 e. The van der Waals surface area contributed by atoms with Crippen molar-refractivity contribution in [2.24, 2.45) is 10.9 Å². The fraction of sp³-hybridized carbons (Fsp3) is 0.455. The quantitative estimate of drug-likeness (QED) is 0.501. The second-order valence-corrected chi connectivity index (χ2v) is 6.88. The molecule has 2 aromatic carbocycles. The molecule has 1 saturated heterocycles. The first-order valence-corrected chi connectivity index (χ1v) is 9.81. The Labute approximate surface area is 161 Å². The highest BCUT2D eigenvalue weighted by Gasteiger charge is 2.27. The lowest BCUT2D eigenvalue weighted by atomic mass is 9.97. The molecule has 1 heterocycles. The minimum absolute atomic E-state index is 0.0231. The van der Waals surface area contributed by atoms with Gasteiger partial charge in [-0.2, -0.15) is 0 Å². The molecule has 0 atom stereocenters. The number of piperidine rings is 1. The zero-order chi connectivity index (χ0) is 19.1. The third kappa shape index (κ3) is 4.79. The molecule has 0 aliphatic carbocycles. The fourth-order valence-corrected chi connectivity index (χ4v) is 3.74. The van der Waals surface area contributed by atoms with Crippen LogP contribution in [0.1, 0.15) is 25.3 Å². The molecule has 1 fully saturated rings. The third-order valence-electron chi connectivity index (χ3n) is 5.18. The number of benzene rings is 2. The Balaban J connectivity index is 1.52. The standard InChI is InChI=1S/C22H29N3O2/c1-3-27-21(26)19-12-15-25(16-13-19)22(23-2)24-14-11-18-9-6-8-17-7-4-5-10-20(17)18/h4-10,19H,3,11-16H2,1-2H3,(H,23,24). The first kappa shape index (κ1) is 19.2. The SMILES string of the molecule is CCOC(=O)C1CCN(C(=NC)NCCc2cccc3ccccc23)CC1. The molecular weight excluding hydrogens is 338 g/mol. The summed E-state index contributed by atoms with van der Waals surface area (Å²) in [5, 5.41) is 6.07. The summed E-state index contributed by atoms with van der Waals surface area (Å²) in [7, 11) is 1.82. The predicted molar refractivity (Wildman–Crippen MR) is 110 cm³/mol. The molecule has 1 aliphatic heterocycles. The molecule has 3 rings (SSSR count). The van der Waals surface area contributed by atoms with Crippen LogP contribution in [0.3, 0.4) is 0 Å². The van der Waals surface area contributed by atoms with Crippen LogP contribution in [0.5, 0.6) is 0 Å². The summed E-state index contributed by atoms with van der Waals surface area (Å²) >= 11 is 0. The second kappa shape index (κ2) is 9.40. The van der Waals surface area contributed by atoms with E-state index < -0.39 is 0 Å². The number of hydrogen-bond donors (Lipinski definition) is 1. The Hall–Kier alpha value is -2.56. The summed E-state index contributed by atoms with van der Waals surface area (Å²) in [5.41, 5.74) is 1.34. The van der Waals surface area contributed by atoms with Gasteiger partial charge in [0.2, 0.25) is 0 Å². The summed E-state index contributed by atoms with van der Waals surface area (Å²) < 4.78 is 5.15. The highest BCUT2D eigenvalue weighted by atomic mass is 16.5. The number of fused-ring (bicyclic) bond motifs is 1. The highest BCUT2D eigenvalue weighted by molar-refractivity contribution is 5.86. The van der Waals surface area contributed by atoms with E-state index in [0.717, 1.165) is 44.9 Å². The average molecular weight is 367 g/mol. The minimum Gasteiger partial charge on any atom is -0.466 e. The molecular formula is C22H29N3O2. The number of guanidine groups is 1. The van der Waals surface area contributed by atoms with Crippen LogP contribution in [-0.2, 0) is 16.0 Å². The highest BCUT2D eigenvalue weighted by Crippen LogP contribution is 2.20. The van der Waals surface area contributed by atoms with Gasteiger partial charge in [-0.3, -0.25) is 9.79 Å². The van der Waals surface area contributed by atoms with E-state index in [9.17, 15) is 4.79 Å². The van der Waals surface area contributed by atoms with Gasteiger partial charge in [-0.15, -0.1) is 0 Å². The fourth-order valence-electron chi connectivity index (χ4n) is 3.74. The van der Waals surface area contributed by atoms with Crippen molar-refractivity contribution in [3.63, 3.8) is 0 Å². The monoisotopic (exact) mass is 367 g/mol. The molecule has 0 bridgehead atoms. The van der Waals surface area contributed by atoms with Gasteiger partial charge in [0, 0.05) is 26.7 Å². The topological polar surface area (TPSA) is 53.9 Å². The van der Waals surface area contributed by atoms with Gasteiger partial charge in [-0.1, -0.05) is 42.5 Å². The zero-order valence-corrected chi connectivity index (χ0v) is 16.3. The molecule has 2 aromatic rings. The lowest BCUT2D eigenvalue weighted by Crippen LogP contribution is -2.47. The van der Waals surface area contributed by atoms with Crippen LogP contribution >= 0.6 is 0 Å². The molecule has 144 valence electrons. The van der Waals surface area contributed by atoms with Crippen LogP contribution in [-0.4, -0.2) is 50.1 Å². The lowest BCUT2D eigenvalue weighted by molar-refractivity contribution is -0.149. The van der Waals surface area contributed by atoms with Crippen molar-refractivity contribution in [1.29, 1.82) is 0 Å². The predicted octanol–water partition coefficient (Wildman–Crippen LogP) is 3.23. The number of hydrogen-bond acceptors (Lipinski definition) is 3. The number of nitrogens with zero attached hydrogens (tertiary/aromatic N) is 2. The number of ether oxygens (including phenoxy) is 1. The zero-order valence-electron chi connectivity index (χ0n) is 16.3. The van der Waals surface area contributed by atoms with Gasteiger partial charge in [-0.25, -0.2) is 0 Å². The molecule has 0 spiro atoms. The summed E-state index contributed by atoms with van der Waals surface area (Å²) in [4.78, 5) is 18.6. The van der Waals surface area contributed by atoms with Crippen molar-refractivity contribution in [2.75, 3.05) is 33.3 Å². The molecule has 0 amide bonds. The van der Waals surface area contributed by atoms with Gasteiger partial charge >= 0.3 is 5.97 Å². The van der Waals surface area contributed by atoms with E-state index in [0.29, 0.717) is 6.61 Å². The number of esters is 1. The number of carbonyl (C=O) groups excluding carboxylic acids is 1. The summed E-state index contributed by atoms with van der Waals surface area (Å²) in [6.45, 7) is 4.80. The summed E-state index contributed by atoms with van der Waals surface area (Å²) in [6.07, 6.45) is 2.59. The molecule has 1 aliphatic rings. The lowest BCUT2D eigenvalue weighted by Gasteiger charge is -2.33. The van der Waals surface area contributed by atoms with E-state index in [1.165, 1.54) is 16.3 Å². The summed E-state index contributed by atoms with van der Waals surface area (Å²) in [5.74, 6) is 0.878. The van der Waals surface area contributed by atoms with Crippen molar-refractivity contribution in [3.05, 3.63) is 48.0 Å². The van der Waals surface area contributed by atoms with Gasteiger partial charge in [0.15, 0.2) is 5.96 Å². The van der Waals surface area contributed by atoms with Crippen LogP contribution in [0.4, 0.5) is 0 Å². The summed E-state index contributed by atoms with van der Waals surface area (Å²) in [6, 6.07) is 15.0. The van der Waals surface area contributed by atoms with Crippen LogP contribution in [0.15, 0.2) is 47.5 Å². The number of nitrogens with one attached hydrogen (secondary N) is 1. The van der Waals surface area contributed by atoms with Crippen molar-refractivity contribution < 1.29 is 9.53 Å². The van der Waals surface area contributed by atoms with Gasteiger partial charge in [0.1, 0.15) is 0 Å². The Morgan fingerprint density at radius 2 is 1.93 bits per heavy atom. The normalized spacial score (nSPS) is 15.8. The maximum absolute atomic E-state index is 11.9. The molecule has 0 aromatic heterocycles. The molecule has 0 saturated carbocycles. The van der Waals surface area contributed by atoms with E-state index >= 15 is 0 Å². The Morgan fingerprint density at radius 3 is 2.67 bits per heavy atom. The number of likely N-dealkylation sites (tertiary alicyclic amines) is 1. The molecule has 5 heteroatoms.